The van der Waals surface area contributed by atoms with Crippen molar-refractivity contribution < 1.29 is 18.0 Å². The topological polar surface area (TPSA) is 73.9 Å². The summed E-state index contributed by atoms with van der Waals surface area (Å²) in [5, 5.41) is 10.5. The molecule has 1 aromatic carbocycles. The van der Waals surface area contributed by atoms with Gasteiger partial charge in [-0.05, 0) is 56.7 Å². The van der Waals surface area contributed by atoms with Gasteiger partial charge in [0, 0.05) is 29.4 Å². The zero-order valence-corrected chi connectivity index (χ0v) is 15.8. The van der Waals surface area contributed by atoms with E-state index in [4.69, 9.17) is 0 Å². The van der Waals surface area contributed by atoms with Crippen LogP contribution in [0, 0.1) is 0 Å². The maximum Gasteiger partial charge on any atom is 0.417 e. The van der Waals surface area contributed by atoms with Crippen molar-refractivity contribution in [2.75, 3.05) is 20.1 Å². The van der Waals surface area contributed by atoms with Gasteiger partial charge < -0.3 is 10.2 Å². The van der Waals surface area contributed by atoms with E-state index in [1.165, 1.54) is 6.20 Å². The number of aromatic nitrogens is 3. The summed E-state index contributed by atoms with van der Waals surface area (Å²) < 4.78 is 39.0. The predicted molar refractivity (Wildman–Crippen MR) is 102 cm³/mol. The number of nitrogens with zero attached hydrogens (tertiary/aromatic N) is 3. The molecule has 29 heavy (non-hydrogen) atoms. The van der Waals surface area contributed by atoms with Crippen LogP contribution >= 0.6 is 0 Å². The molecule has 3 aromatic rings. The molecule has 2 N–H and O–H groups in total. The number of amides is 1. The van der Waals surface area contributed by atoms with Gasteiger partial charge in [-0.2, -0.15) is 18.3 Å². The lowest BCUT2D eigenvalue weighted by molar-refractivity contribution is -0.137. The summed E-state index contributed by atoms with van der Waals surface area (Å²) >= 11 is 0. The lowest BCUT2D eigenvalue weighted by Gasteiger charge is -2.29. The van der Waals surface area contributed by atoms with Gasteiger partial charge in [0.15, 0.2) is 5.69 Å². The first-order chi connectivity index (χ1) is 13.8. The molecule has 1 aliphatic heterocycles. The number of rotatable bonds is 3. The number of aromatic amines is 1. The number of benzene rings is 1. The van der Waals surface area contributed by atoms with Crippen molar-refractivity contribution in [1.29, 1.82) is 0 Å². The summed E-state index contributed by atoms with van der Waals surface area (Å²) in [6.45, 7) is 1.83. The molecule has 2 aromatic heterocycles. The van der Waals surface area contributed by atoms with E-state index < -0.39 is 11.7 Å². The summed E-state index contributed by atoms with van der Waals surface area (Å²) in [5.41, 5.74) is 0.917. The number of carbonyl (C=O) groups excluding carboxylic acids is 1. The Morgan fingerprint density at radius 1 is 1.17 bits per heavy atom. The first-order valence-corrected chi connectivity index (χ1v) is 9.31. The Balaban J connectivity index is 1.62. The zero-order valence-electron chi connectivity index (χ0n) is 15.8. The van der Waals surface area contributed by atoms with Gasteiger partial charge in [-0.3, -0.25) is 14.9 Å². The van der Waals surface area contributed by atoms with Gasteiger partial charge in [0.1, 0.15) is 0 Å². The van der Waals surface area contributed by atoms with E-state index >= 15 is 0 Å². The van der Waals surface area contributed by atoms with Crippen LogP contribution in [0.5, 0.6) is 0 Å². The Hall–Kier alpha value is -2.94. The highest BCUT2D eigenvalue weighted by atomic mass is 19.4. The van der Waals surface area contributed by atoms with E-state index in [9.17, 15) is 18.0 Å². The van der Waals surface area contributed by atoms with Gasteiger partial charge in [-0.25, -0.2) is 0 Å². The lowest BCUT2D eigenvalue weighted by atomic mass is 10.0. The maximum absolute atomic E-state index is 13.0. The smallest absolute Gasteiger partial charge is 0.348 e. The van der Waals surface area contributed by atoms with Crippen molar-refractivity contribution in [3.8, 4) is 11.1 Å². The number of halogens is 3. The number of carbonyl (C=O) groups is 1. The molecule has 0 spiro atoms. The Morgan fingerprint density at radius 2 is 1.93 bits per heavy atom. The maximum atomic E-state index is 13.0. The van der Waals surface area contributed by atoms with Crippen molar-refractivity contribution >= 4 is 16.8 Å². The SMILES string of the molecule is CN1CCC(NC(=O)c2n[nH]c3ccc(-c4cncc(C(F)(F)F)c4)cc23)CC1. The van der Waals surface area contributed by atoms with Crippen LogP contribution in [0.1, 0.15) is 28.9 Å². The van der Waals surface area contributed by atoms with Crippen molar-refractivity contribution in [2.24, 2.45) is 0 Å². The Morgan fingerprint density at radius 3 is 2.66 bits per heavy atom. The number of H-pyrrole nitrogens is 1. The molecule has 1 aliphatic rings. The molecule has 9 heteroatoms. The molecular weight excluding hydrogens is 383 g/mol. The summed E-state index contributed by atoms with van der Waals surface area (Å²) in [6.07, 6.45) is -0.575. The Kier molecular flexibility index (Phi) is 4.99. The standard InChI is InChI=1S/C20H20F3N5O/c1-28-6-4-15(5-7-28)25-19(29)18-16-9-12(2-3-17(16)26-27-18)13-8-14(11-24-10-13)20(21,22)23/h2-3,8-11,15H,4-7H2,1H3,(H,25,29)(H,26,27). The minimum Gasteiger partial charge on any atom is -0.348 e. The van der Waals surface area contributed by atoms with Gasteiger partial charge in [0.05, 0.1) is 11.1 Å². The number of likely N-dealkylation sites (tertiary alicyclic amines) is 1. The highest BCUT2D eigenvalue weighted by Crippen LogP contribution is 2.32. The molecule has 152 valence electrons. The molecule has 6 nitrogen and oxygen atoms in total. The molecule has 0 saturated carbocycles. The average Bonchev–Trinajstić information content (AvgIpc) is 3.12. The van der Waals surface area contributed by atoms with E-state index in [2.05, 4.69) is 25.4 Å². The minimum atomic E-state index is -4.47. The Bertz CT molecular complexity index is 1040. The average molecular weight is 403 g/mol. The third-order valence-corrected chi connectivity index (χ3v) is 5.23. The number of pyridine rings is 1. The number of nitrogens with one attached hydrogen (secondary N) is 2. The van der Waals surface area contributed by atoms with Crippen LogP contribution < -0.4 is 5.32 Å². The largest absolute Gasteiger partial charge is 0.417 e. The summed E-state index contributed by atoms with van der Waals surface area (Å²) in [5.74, 6) is -0.287. The molecular formula is C20H20F3N5O. The van der Waals surface area contributed by atoms with Gasteiger partial charge in [0.25, 0.3) is 5.91 Å². The van der Waals surface area contributed by atoms with Crippen LogP contribution in [0.25, 0.3) is 22.0 Å². The second-order valence-electron chi connectivity index (χ2n) is 7.34. The van der Waals surface area contributed by atoms with E-state index in [0.29, 0.717) is 22.0 Å². The quantitative estimate of drug-likeness (QED) is 0.702. The van der Waals surface area contributed by atoms with Crippen LogP contribution in [0.4, 0.5) is 13.2 Å². The third-order valence-electron chi connectivity index (χ3n) is 5.23. The van der Waals surface area contributed by atoms with Crippen molar-refractivity contribution in [2.45, 2.75) is 25.1 Å². The van der Waals surface area contributed by atoms with Gasteiger partial charge in [0.2, 0.25) is 0 Å². The van der Waals surface area contributed by atoms with Crippen LogP contribution in [0.2, 0.25) is 0 Å². The van der Waals surface area contributed by atoms with E-state index in [0.717, 1.165) is 38.2 Å². The highest BCUT2D eigenvalue weighted by molar-refractivity contribution is 6.05. The van der Waals surface area contributed by atoms with E-state index in [-0.39, 0.29) is 17.6 Å². The normalized spacial score (nSPS) is 16.3. The summed E-state index contributed by atoms with van der Waals surface area (Å²) in [7, 11) is 2.05. The van der Waals surface area contributed by atoms with E-state index in [1.807, 2.05) is 7.05 Å². The molecule has 1 fully saturated rings. The molecule has 0 radical (unpaired) electrons. The second-order valence-corrected chi connectivity index (χ2v) is 7.34. The highest BCUT2D eigenvalue weighted by Gasteiger charge is 2.31. The van der Waals surface area contributed by atoms with Crippen molar-refractivity contribution in [1.82, 2.24) is 25.4 Å². The van der Waals surface area contributed by atoms with Crippen LogP contribution in [0.15, 0.2) is 36.7 Å². The second kappa shape index (κ2) is 7.47. The third kappa shape index (κ3) is 4.09. The summed E-state index contributed by atoms with van der Waals surface area (Å²) in [6, 6.07) is 6.17. The molecule has 0 aliphatic carbocycles. The fourth-order valence-corrected chi connectivity index (χ4v) is 3.53. The van der Waals surface area contributed by atoms with Crippen molar-refractivity contribution in [3.05, 3.63) is 47.9 Å². The fraction of sp³-hybridized carbons (Fsp3) is 0.350. The molecule has 0 atom stereocenters. The van der Waals surface area contributed by atoms with Gasteiger partial charge in [-0.15, -0.1) is 0 Å². The number of fused-ring (bicyclic) bond motifs is 1. The van der Waals surface area contributed by atoms with Crippen molar-refractivity contribution in [3.63, 3.8) is 0 Å². The predicted octanol–water partition coefficient (Wildman–Crippen LogP) is 3.47. The lowest BCUT2D eigenvalue weighted by Crippen LogP contribution is -2.43. The molecule has 1 amide bonds. The molecule has 0 unspecified atom stereocenters. The van der Waals surface area contributed by atoms with Gasteiger partial charge in [-0.1, -0.05) is 6.07 Å². The fourth-order valence-electron chi connectivity index (χ4n) is 3.53. The van der Waals surface area contributed by atoms with Crippen LogP contribution in [-0.4, -0.2) is 52.2 Å². The number of piperidine rings is 1. The molecule has 0 bridgehead atoms. The van der Waals surface area contributed by atoms with Crippen LogP contribution in [0.3, 0.4) is 0 Å². The number of hydrogen-bond donors (Lipinski definition) is 2. The first kappa shape index (κ1) is 19.4. The molecule has 3 heterocycles. The first-order valence-electron chi connectivity index (χ1n) is 9.31. The minimum absolute atomic E-state index is 0.0845. The monoisotopic (exact) mass is 403 g/mol. The van der Waals surface area contributed by atoms with Crippen LogP contribution in [-0.2, 0) is 6.18 Å². The zero-order chi connectivity index (χ0) is 20.6. The molecule has 4 rings (SSSR count). The number of hydrogen-bond acceptors (Lipinski definition) is 4. The van der Waals surface area contributed by atoms with E-state index in [1.54, 1.807) is 18.2 Å². The Labute approximate surface area is 165 Å². The van der Waals surface area contributed by atoms with Gasteiger partial charge >= 0.3 is 6.18 Å². The molecule has 1 saturated heterocycles. The number of alkyl halides is 3. The summed E-state index contributed by atoms with van der Waals surface area (Å²) in [4.78, 5) is 18.7.